The molecule has 0 heterocycles. The number of aryl methyl sites for hydroxylation is 1. The maximum absolute atomic E-state index is 5.33. The van der Waals surface area contributed by atoms with Crippen LogP contribution in [0.15, 0.2) is 108 Å². The maximum Gasteiger partial charge on any atom is 0.119 e. The molecule has 0 aliphatic heterocycles. The van der Waals surface area contributed by atoms with Gasteiger partial charge in [-0.15, -0.1) is 0 Å². The first-order valence-corrected chi connectivity index (χ1v) is 14.5. The second-order valence-corrected chi connectivity index (χ2v) is 10.1. The molecular weight excluding hydrogens is 502 g/mol. The third-order valence-corrected chi connectivity index (χ3v) is 7.65. The molecule has 208 valence electrons. The minimum absolute atomic E-state index is 0.825. The van der Waals surface area contributed by atoms with Crippen LogP contribution >= 0.6 is 0 Å². The lowest BCUT2D eigenvalue weighted by atomic mass is 9.82. The molecule has 0 saturated carbocycles. The molecule has 0 unspecified atom stereocenters. The van der Waals surface area contributed by atoms with Crippen molar-refractivity contribution in [3.63, 3.8) is 0 Å². The van der Waals surface area contributed by atoms with Crippen LogP contribution in [0, 0.1) is 6.92 Å². The molecule has 5 rings (SSSR count). The minimum atomic E-state index is 0.825. The summed E-state index contributed by atoms with van der Waals surface area (Å²) in [5, 5.41) is 3.43. The number of benzene rings is 4. The van der Waals surface area contributed by atoms with E-state index in [1.807, 2.05) is 24.3 Å². The van der Waals surface area contributed by atoms with Crippen molar-refractivity contribution >= 4 is 33.9 Å². The normalized spacial score (nSPS) is 14.5. The highest BCUT2D eigenvalue weighted by Gasteiger charge is 2.21. The van der Waals surface area contributed by atoms with Gasteiger partial charge in [-0.3, -0.25) is 0 Å². The van der Waals surface area contributed by atoms with Crippen LogP contribution in [0.2, 0.25) is 0 Å². The quantitative estimate of drug-likeness (QED) is 0.230. The number of hydrogen-bond donors (Lipinski definition) is 1. The van der Waals surface area contributed by atoms with Gasteiger partial charge in [0.15, 0.2) is 0 Å². The average molecular weight is 542 g/mol. The van der Waals surface area contributed by atoms with Crippen molar-refractivity contribution in [1.29, 1.82) is 0 Å². The van der Waals surface area contributed by atoms with Gasteiger partial charge in [-0.1, -0.05) is 48.5 Å². The van der Waals surface area contributed by atoms with Crippen molar-refractivity contribution in [2.24, 2.45) is 4.99 Å². The van der Waals surface area contributed by atoms with Gasteiger partial charge in [-0.05, 0) is 116 Å². The van der Waals surface area contributed by atoms with E-state index in [1.54, 1.807) is 7.11 Å². The first-order chi connectivity index (χ1) is 20.1. The van der Waals surface area contributed by atoms with E-state index < -0.39 is 0 Å². The Hall–Kier alpha value is -4.57. The monoisotopic (exact) mass is 541 g/mol. The number of anilines is 2. The lowest BCUT2D eigenvalue weighted by molar-refractivity contribution is 0.415. The van der Waals surface area contributed by atoms with Crippen LogP contribution in [0.5, 0.6) is 5.75 Å². The van der Waals surface area contributed by atoms with Gasteiger partial charge in [-0.2, -0.15) is 0 Å². The fourth-order valence-electron chi connectivity index (χ4n) is 5.52. The zero-order valence-corrected chi connectivity index (χ0v) is 24.7. The molecule has 0 amide bonds. The number of hydrogen-bond acceptors (Lipinski definition) is 4. The number of fused-ring (bicyclic) bond motifs is 1. The molecule has 0 atom stereocenters. The molecule has 4 nitrogen and oxygen atoms in total. The Labute approximate surface area is 244 Å². The first kappa shape index (κ1) is 28.0. The van der Waals surface area contributed by atoms with Crippen molar-refractivity contribution in [2.75, 3.05) is 37.0 Å². The first-order valence-electron chi connectivity index (χ1n) is 14.5. The summed E-state index contributed by atoms with van der Waals surface area (Å²) < 4.78 is 5.33. The molecule has 1 aliphatic rings. The lowest BCUT2D eigenvalue weighted by Gasteiger charge is -2.25. The van der Waals surface area contributed by atoms with E-state index >= 15 is 0 Å². The minimum Gasteiger partial charge on any atom is -0.497 e. The van der Waals surface area contributed by atoms with Crippen LogP contribution < -0.4 is 15.0 Å². The molecule has 0 spiro atoms. The summed E-state index contributed by atoms with van der Waals surface area (Å²) in [6.45, 7) is 11.6. The van der Waals surface area contributed by atoms with Crippen molar-refractivity contribution in [1.82, 2.24) is 0 Å². The van der Waals surface area contributed by atoms with Crippen molar-refractivity contribution in [3.05, 3.63) is 131 Å². The molecule has 0 saturated heterocycles. The second-order valence-electron chi connectivity index (χ2n) is 10.1. The fraction of sp³-hybridized carbons (Fsp3) is 0.216. The largest absolute Gasteiger partial charge is 0.497 e. The molecule has 0 bridgehead atoms. The summed E-state index contributed by atoms with van der Waals surface area (Å²) in [5.74, 6) is 0.825. The van der Waals surface area contributed by atoms with Crippen LogP contribution in [-0.2, 0) is 0 Å². The summed E-state index contributed by atoms with van der Waals surface area (Å²) >= 11 is 0. The van der Waals surface area contributed by atoms with Crippen LogP contribution in [-0.4, -0.2) is 32.5 Å². The highest BCUT2D eigenvalue weighted by Crippen LogP contribution is 2.39. The van der Waals surface area contributed by atoms with E-state index in [9.17, 15) is 0 Å². The van der Waals surface area contributed by atoms with Crippen molar-refractivity contribution < 1.29 is 4.74 Å². The summed E-state index contributed by atoms with van der Waals surface area (Å²) in [4.78, 5) is 7.41. The Bertz CT molecular complexity index is 1590. The average Bonchev–Trinajstić information content (AvgIpc) is 3.01. The Morgan fingerprint density at radius 2 is 1.51 bits per heavy atom. The zero-order chi connectivity index (χ0) is 28.8. The number of ether oxygens (including phenoxy) is 1. The SMILES string of the molecule is CCNc1ccc(C(=C2C=CC(=Nc3ccc(OC)cc3)c3ccccc32)c2ccc(N(CC)CC)cc2C)cc1. The van der Waals surface area contributed by atoms with Gasteiger partial charge in [0, 0.05) is 36.6 Å². The van der Waals surface area contributed by atoms with Gasteiger partial charge in [-0.25, -0.2) is 4.99 Å². The van der Waals surface area contributed by atoms with Gasteiger partial charge in [0.2, 0.25) is 0 Å². The molecule has 0 fully saturated rings. The van der Waals surface area contributed by atoms with E-state index in [4.69, 9.17) is 9.73 Å². The zero-order valence-electron chi connectivity index (χ0n) is 24.7. The predicted molar refractivity (Wildman–Crippen MR) is 176 cm³/mol. The highest BCUT2D eigenvalue weighted by molar-refractivity contribution is 6.20. The number of nitrogens with one attached hydrogen (secondary N) is 1. The summed E-state index contributed by atoms with van der Waals surface area (Å²) in [6.07, 6.45) is 4.38. The number of methoxy groups -OCH3 is 1. The maximum atomic E-state index is 5.33. The Balaban J connectivity index is 1.69. The van der Waals surface area contributed by atoms with Gasteiger partial charge in [0.1, 0.15) is 5.75 Å². The molecule has 0 aromatic heterocycles. The van der Waals surface area contributed by atoms with Crippen LogP contribution in [0.1, 0.15) is 48.6 Å². The van der Waals surface area contributed by atoms with E-state index in [0.29, 0.717) is 0 Å². The third kappa shape index (κ3) is 5.97. The molecule has 41 heavy (non-hydrogen) atoms. The number of allylic oxidation sites excluding steroid dienone is 3. The standard InChI is InChI=1S/C37H39N3O/c1-6-38-28-15-13-27(14-16-28)37(32-22-19-30(25-26(32)4)40(7-2)8-3)35-23-24-36(34-12-10-9-11-33(34)35)39-29-17-20-31(41-5)21-18-29/h9-25,38H,6-8H2,1-5H3. The molecular formula is C37H39N3O. The van der Waals surface area contributed by atoms with Crippen molar-refractivity contribution in [3.8, 4) is 5.75 Å². The Morgan fingerprint density at radius 1 is 0.805 bits per heavy atom. The summed E-state index contributed by atoms with van der Waals surface area (Å²) in [7, 11) is 1.68. The smallest absolute Gasteiger partial charge is 0.119 e. The summed E-state index contributed by atoms with van der Waals surface area (Å²) in [5.41, 5.74) is 12.7. The third-order valence-electron chi connectivity index (χ3n) is 7.65. The second kappa shape index (κ2) is 12.7. The Morgan fingerprint density at radius 3 is 2.15 bits per heavy atom. The molecule has 4 heteroatoms. The molecule has 4 aromatic rings. The van der Waals surface area contributed by atoms with Crippen LogP contribution in [0.4, 0.5) is 17.1 Å². The Kier molecular flexibility index (Phi) is 8.69. The van der Waals surface area contributed by atoms with Gasteiger partial charge >= 0.3 is 0 Å². The number of rotatable bonds is 9. The van der Waals surface area contributed by atoms with E-state index in [-0.39, 0.29) is 0 Å². The van der Waals surface area contributed by atoms with E-state index in [0.717, 1.165) is 48.0 Å². The van der Waals surface area contributed by atoms with Gasteiger partial charge < -0.3 is 15.0 Å². The van der Waals surface area contributed by atoms with Gasteiger partial charge in [0.05, 0.1) is 18.5 Å². The van der Waals surface area contributed by atoms with E-state index in [2.05, 4.69) is 117 Å². The van der Waals surface area contributed by atoms with Crippen LogP contribution in [0.25, 0.3) is 11.1 Å². The fourth-order valence-corrected chi connectivity index (χ4v) is 5.52. The molecule has 0 radical (unpaired) electrons. The number of nitrogens with zero attached hydrogens (tertiary/aromatic N) is 2. The lowest BCUT2D eigenvalue weighted by Crippen LogP contribution is -2.21. The summed E-state index contributed by atoms with van der Waals surface area (Å²) in [6, 6.07) is 32.2. The van der Waals surface area contributed by atoms with Gasteiger partial charge in [0.25, 0.3) is 0 Å². The predicted octanol–water partition coefficient (Wildman–Crippen LogP) is 8.93. The molecule has 4 aromatic carbocycles. The highest BCUT2D eigenvalue weighted by atomic mass is 16.5. The van der Waals surface area contributed by atoms with E-state index in [1.165, 1.54) is 39.1 Å². The van der Waals surface area contributed by atoms with Crippen LogP contribution in [0.3, 0.4) is 0 Å². The topological polar surface area (TPSA) is 36.9 Å². The number of aliphatic imine (C=N–C) groups is 1. The molecule has 1 N–H and O–H groups in total. The van der Waals surface area contributed by atoms with Crippen molar-refractivity contribution in [2.45, 2.75) is 27.7 Å². The molecule has 1 aliphatic carbocycles.